The largest absolute Gasteiger partial charge is 0.338 e. The number of piperazine rings is 1. The number of hydrogen-bond acceptors (Lipinski definition) is 8. The van der Waals surface area contributed by atoms with Gasteiger partial charge in [0.25, 0.3) is 0 Å². The van der Waals surface area contributed by atoms with Crippen LogP contribution in [0.2, 0.25) is 0 Å². The molecule has 0 saturated carbocycles. The van der Waals surface area contributed by atoms with Gasteiger partial charge < -0.3 is 10.3 Å². The van der Waals surface area contributed by atoms with E-state index < -0.39 is 0 Å². The van der Waals surface area contributed by atoms with Crippen molar-refractivity contribution in [1.82, 2.24) is 24.9 Å². The van der Waals surface area contributed by atoms with Crippen LogP contribution >= 0.6 is 11.3 Å². The van der Waals surface area contributed by atoms with E-state index in [1.807, 2.05) is 6.07 Å². The van der Waals surface area contributed by atoms with E-state index in [1.54, 1.807) is 11.3 Å². The summed E-state index contributed by atoms with van der Waals surface area (Å²) in [5.41, 5.74) is 7.84. The molecule has 0 radical (unpaired) electrons. The number of nitrogens with zero attached hydrogens (tertiary/aromatic N) is 5. The zero-order valence-corrected chi connectivity index (χ0v) is 15.4. The van der Waals surface area contributed by atoms with Crippen molar-refractivity contribution in [1.29, 1.82) is 0 Å². The van der Waals surface area contributed by atoms with Crippen LogP contribution in [0.1, 0.15) is 17.4 Å². The lowest BCUT2D eigenvalue weighted by molar-refractivity contribution is 0.118. The first-order chi connectivity index (χ1) is 12.8. The van der Waals surface area contributed by atoms with Crippen LogP contribution in [-0.4, -0.2) is 51.1 Å². The molecule has 8 heteroatoms. The highest BCUT2D eigenvalue weighted by Crippen LogP contribution is 2.24. The molecule has 2 N–H and O–H groups in total. The summed E-state index contributed by atoms with van der Waals surface area (Å²) in [7, 11) is 0. The molecular formula is C18H22N6OS. The van der Waals surface area contributed by atoms with E-state index in [9.17, 15) is 0 Å². The third-order valence-electron chi connectivity index (χ3n) is 4.47. The van der Waals surface area contributed by atoms with Crippen molar-refractivity contribution in [3.8, 4) is 10.6 Å². The minimum atomic E-state index is 0.291. The third kappa shape index (κ3) is 4.16. The molecule has 0 bridgehead atoms. The second kappa shape index (κ2) is 8.05. The van der Waals surface area contributed by atoms with Gasteiger partial charge in [0.05, 0.1) is 18.8 Å². The van der Waals surface area contributed by atoms with Crippen molar-refractivity contribution in [2.45, 2.75) is 19.6 Å². The third-order valence-corrected chi connectivity index (χ3v) is 5.41. The molecule has 0 amide bonds. The molecule has 136 valence electrons. The lowest BCUT2D eigenvalue weighted by Crippen LogP contribution is -2.45. The summed E-state index contributed by atoms with van der Waals surface area (Å²) in [5, 5.41) is 7.23. The number of hydrogen-bond donors (Lipinski definition) is 1. The SMILES string of the molecule is NCc1nc(CN2CCN(Cc3csc(-c4ccccc4)n3)CC2)no1. The minimum Gasteiger partial charge on any atom is -0.338 e. The van der Waals surface area contributed by atoms with Crippen LogP contribution in [0.4, 0.5) is 0 Å². The predicted molar refractivity (Wildman–Crippen MR) is 100 cm³/mol. The smallest absolute Gasteiger partial charge is 0.240 e. The first kappa shape index (κ1) is 17.3. The maximum Gasteiger partial charge on any atom is 0.240 e. The van der Waals surface area contributed by atoms with E-state index in [0.29, 0.717) is 24.8 Å². The molecule has 26 heavy (non-hydrogen) atoms. The highest BCUT2D eigenvalue weighted by atomic mass is 32.1. The molecular weight excluding hydrogens is 348 g/mol. The zero-order valence-electron chi connectivity index (χ0n) is 14.5. The van der Waals surface area contributed by atoms with E-state index in [2.05, 4.69) is 49.6 Å². The van der Waals surface area contributed by atoms with Gasteiger partial charge >= 0.3 is 0 Å². The molecule has 4 rings (SSSR count). The summed E-state index contributed by atoms with van der Waals surface area (Å²) >= 11 is 1.71. The Morgan fingerprint density at radius 3 is 2.42 bits per heavy atom. The van der Waals surface area contributed by atoms with Crippen molar-refractivity contribution in [3.05, 3.63) is 53.1 Å². The molecule has 0 aliphatic carbocycles. The number of nitrogens with two attached hydrogens (primary N) is 1. The highest BCUT2D eigenvalue weighted by molar-refractivity contribution is 7.13. The quantitative estimate of drug-likeness (QED) is 0.710. The lowest BCUT2D eigenvalue weighted by Gasteiger charge is -2.33. The molecule has 1 fully saturated rings. The number of benzene rings is 1. The highest BCUT2D eigenvalue weighted by Gasteiger charge is 2.19. The molecule has 3 heterocycles. The van der Waals surface area contributed by atoms with E-state index in [-0.39, 0.29) is 0 Å². The van der Waals surface area contributed by atoms with Crippen LogP contribution in [0.3, 0.4) is 0 Å². The number of aromatic nitrogens is 3. The average Bonchev–Trinajstić information content (AvgIpc) is 3.33. The fraction of sp³-hybridized carbons (Fsp3) is 0.389. The zero-order chi connectivity index (χ0) is 17.8. The Morgan fingerprint density at radius 2 is 1.73 bits per heavy atom. The molecule has 1 aliphatic heterocycles. The Morgan fingerprint density at radius 1 is 1.00 bits per heavy atom. The summed E-state index contributed by atoms with van der Waals surface area (Å²) in [4.78, 5) is 13.9. The molecule has 1 saturated heterocycles. The van der Waals surface area contributed by atoms with Gasteiger partial charge in [-0.05, 0) is 0 Å². The molecule has 0 spiro atoms. The summed E-state index contributed by atoms with van der Waals surface area (Å²) < 4.78 is 5.06. The molecule has 0 atom stereocenters. The maximum atomic E-state index is 5.51. The molecule has 3 aromatic rings. The van der Waals surface area contributed by atoms with Crippen LogP contribution < -0.4 is 5.73 Å². The van der Waals surface area contributed by atoms with Gasteiger partial charge in [-0.2, -0.15) is 4.98 Å². The summed E-state index contributed by atoms with van der Waals surface area (Å²) in [5.74, 6) is 1.21. The van der Waals surface area contributed by atoms with E-state index >= 15 is 0 Å². The molecule has 2 aromatic heterocycles. The molecule has 7 nitrogen and oxygen atoms in total. The molecule has 1 aromatic carbocycles. The van der Waals surface area contributed by atoms with Gasteiger partial charge in [0, 0.05) is 43.7 Å². The van der Waals surface area contributed by atoms with Crippen LogP contribution in [0.5, 0.6) is 0 Å². The van der Waals surface area contributed by atoms with E-state index in [4.69, 9.17) is 15.2 Å². The van der Waals surface area contributed by atoms with E-state index in [1.165, 1.54) is 5.56 Å². The van der Waals surface area contributed by atoms with Crippen LogP contribution in [0.25, 0.3) is 10.6 Å². The van der Waals surface area contributed by atoms with Gasteiger partial charge in [-0.3, -0.25) is 9.80 Å². The lowest BCUT2D eigenvalue weighted by atomic mass is 10.2. The van der Waals surface area contributed by atoms with Crippen LogP contribution in [0, 0.1) is 0 Å². The Kier molecular flexibility index (Phi) is 5.35. The fourth-order valence-corrected chi connectivity index (χ4v) is 3.88. The standard InChI is InChI=1S/C18H22N6OS/c19-10-17-21-16(22-25-17)12-24-8-6-23(7-9-24)11-15-13-26-18(20-15)14-4-2-1-3-5-14/h1-5,13H,6-12,19H2. The van der Waals surface area contributed by atoms with Crippen molar-refractivity contribution in [2.24, 2.45) is 5.73 Å². The second-order valence-electron chi connectivity index (χ2n) is 6.37. The van der Waals surface area contributed by atoms with Gasteiger partial charge in [0.2, 0.25) is 5.89 Å². The monoisotopic (exact) mass is 370 g/mol. The summed E-state index contributed by atoms with van der Waals surface area (Å²) in [6, 6.07) is 10.3. The fourth-order valence-electron chi connectivity index (χ4n) is 3.06. The van der Waals surface area contributed by atoms with Crippen LogP contribution in [0.15, 0.2) is 40.2 Å². The Balaban J connectivity index is 1.28. The van der Waals surface area contributed by atoms with Gasteiger partial charge in [-0.1, -0.05) is 35.5 Å². The maximum absolute atomic E-state index is 5.51. The van der Waals surface area contributed by atoms with Gasteiger partial charge in [-0.15, -0.1) is 11.3 Å². The van der Waals surface area contributed by atoms with Gasteiger partial charge in [-0.25, -0.2) is 4.98 Å². The summed E-state index contributed by atoms with van der Waals surface area (Å²) in [6.45, 7) is 5.91. The van der Waals surface area contributed by atoms with Crippen molar-refractivity contribution < 1.29 is 4.52 Å². The topological polar surface area (TPSA) is 84.3 Å². The number of rotatable bonds is 6. The Bertz CT molecular complexity index is 825. The summed E-state index contributed by atoms with van der Waals surface area (Å²) in [6.07, 6.45) is 0. The normalized spacial score (nSPS) is 16.2. The molecule has 0 unspecified atom stereocenters. The van der Waals surface area contributed by atoms with Crippen molar-refractivity contribution in [3.63, 3.8) is 0 Å². The second-order valence-corrected chi connectivity index (χ2v) is 7.23. The van der Waals surface area contributed by atoms with Crippen LogP contribution in [-0.2, 0) is 19.6 Å². The minimum absolute atomic E-state index is 0.291. The van der Waals surface area contributed by atoms with Gasteiger partial charge in [0.15, 0.2) is 5.82 Å². The van der Waals surface area contributed by atoms with Crippen molar-refractivity contribution >= 4 is 11.3 Å². The Hall–Kier alpha value is -2.13. The number of thiazole rings is 1. The average molecular weight is 370 g/mol. The predicted octanol–water partition coefficient (Wildman–Crippen LogP) is 1.97. The first-order valence-corrected chi connectivity index (χ1v) is 9.64. The van der Waals surface area contributed by atoms with Crippen molar-refractivity contribution in [2.75, 3.05) is 26.2 Å². The Labute approximate surface area is 156 Å². The van der Waals surface area contributed by atoms with E-state index in [0.717, 1.165) is 43.4 Å². The molecule has 1 aliphatic rings. The first-order valence-electron chi connectivity index (χ1n) is 8.76. The van der Waals surface area contributed by atoms with Gasteiger partial charge in [0.1, 0.15) is 5.01 Å².